The maximum Gasteiger partial charge on any atom is 0 e. The number of hydrogen-bond acceptors (Lipinski definition) is 0. The van der Waals surface area contributed by atoms with E-state index < -0.39 is 0 Å². The summed E-state index contributed by atoms with van der Waals surface area (Å²) in [4.78, 5) is 0. The fourth-order valence-corrected chi connectivity index (χ4v) is 0. The van der Waals surface area contributed by atoms with Crippen molar-refractivity contribution >= 4 is 0 Å². The Bertz CT molecular complexity index is 53.3. The van der Waals surface area contributed by atoms with Gasteiger partial charge in [0.25, 0.3) is 0 Å². The smallest absolute Gasteiger partial charge is 0 e. The largest absolute Gasteiger partial charge is 0.680 e. The van der Waals surface area contributed by atoms with E-state index in [2.05, 4.69) is 0 Å². The summed E-state index contributed by atoms with van der Waals surface area (Å²) in [5.74, 6) is 0. The van der Waals surface area contributed by atoms with E-state index in [1.165, 1.54) is 7.05 Å². The molecule has 0 spiro atoms. The van der Waals surface area contributed by atoms with Gasteiger partial charge >= 0.3 is 0 Å². The van der Waals surface area contributed by atoms with Crippen LogP contribution in [0.2, 0.25) is 0 Å². The zero-order chi connectivity index (χ0) is 6.00. The minimum Gasteiger partial charge on any atom is -0.680 e. The predicted molar refractivity (Wildman–Crippen MR) is 71.7 cm³/mol. The van der Waals surface area contributed by atoms with Crippen LogP contribution in [0.1, 0.15) is 35.1 Å². The molecule has 0 saturated heterocycles. The normalized spacial score (nSPS) is 0.231. The van der Waals surface area contributed by atoms with Crippen LogP contribution in [0.3, 0.4) is 0 Å². The molecule has 0 aliphatic rings. The molecule has 0 aromatic carbocycles. The molecule has 0 saturated carbocycles. The van der Waals surface area contributed by atoms with E-state index in [9.17, 15) is 0 Å². The van der Waals surface area contributed by atoms with Crippen LogP contribution in [0, 0.1) is 37.1 Å². The van der Waals surface area contributed by atoms with Crippen molar-refractivity contribution < 1.29 is 2160 Å². The van der Waals surface area contributed by atoms with Gasteiger partial charge in [0.15, 0.2) is 0 Å². The molecule has 0 aromatic rings. The molecular formula is C11H35NY66-6. The van der Waals surface area contributed by atoms with Gasteiger partial charge in [0, 0.05) is 2160 Å². The second kappa shape index (κ2) is 626. The molecule has 0 bridgehead atoms. The molecule has 0 aliphatic heterocycles. The van der Waals surface area contributed by atoms with Gasteiger partial charge in [0.05, 0.1) is 0 Å². The van der Waals surface area contributed by atoms with E-state index >= 15 is 0 Å². The van der Waals surface area contributed by atoms with E-state index in [-0.39, 0.29) is 2200 Å². The molecule has 1 nitrogen and oxygen atoms in total. The minimum absolute atomic E-state index is 0. The Kier molecular flexibility index (Phi) is 4720. The molecule has 0 unspecified atom stereocenters. The fourth-order valence-electron chi connectivity index (χ4n) is 0. The van der Waals surface area contributed by atoms with Gasteiger partial charge in [-0.2, -0.15) is 7.05 Å². The van der Waals surface area contributed by atoms with Crippen LogP contribution < -0.4 is 0 Å². The average molecular weight is 6050 g/mol. The van der Waals surface area contributed by atoms with Crippen LogP contribution in [-0.2, 0) is 2160 Å². The molecule has 0 aliphatic carbocycles. The molecule has 288 valence electrons. The van der Waals surface area contributed by atoms with E-state index in [0.29, 0.717) is 0 Å². The van der Waals surface area contributed by atoms with Crippen molar-refractivity contribution in [3.05, 3.63) is 42.9 Å². The molecule has 0 heterocycles. The van der Waals surface area contributed by atoms with Crippen LogP contribution in [0.25, 0.3) is 5.73 Å². The molecule has 66 radical (unpaired) electrons. The Morgan fingerprint density at radius 1 is 0.0897 bits per heavy atom. The monoisotopic (exact) mass is 6050 g/mol. The van der Waals surface area contributed by atoms with E-state index in [4.69, 9.17) is 5.73 Å². The Balaban J connectivity index is -0.0000000000162. The van der Waals surface area contributed by atoms with E-state index in [0.717, 1.165) is 0 Å². The number of rotatable bonds is 0. The van der Waals surface area contributed by atoms with Crippen LogP contribution >= 0.6 is 0 Å². The third kappa shape index (κ3) is 613. The summed E-state index contributed by atoms with van der Waals surface area (Å²) >= 11 is 0. The van der Waals surface area contributed by atoms with Gasteiger partial charge in [-0.25, -0.2) is 0 Å². The van der Waals surface area contributed by atoms with Crippen LogP contribution in [0.4, 0.5) is 0 Å². The van der Waals surface area contributed by atoms with Crippen molar-refractivity contribution in [3.63, 3.8) is 0 Å². The molecule has 78 heavy (non-hydrogen) atoms. The van der Waals surface area contributed by atoms with Crippen molar-refractivity contribution in [2.45, 2.75) is 35.1 Å². The first-order valence-corrected chi connectivity index (χ1v) is 2.50. The summed E-state index contributed by atoms with van der Waals surface area (Å²) in [6, 6.07) is 0. The van der Waals surface area contributed by atoms with E-state index in [1.54, 1.807) is 0 Å². The Morgan fingerprint density at radius 2 is 0.0897 bits per heavy atom. The Morgan fingerprint density at radius 3 is 0.0897 bits per heavy atom. The van der Waals surface area contributed by atoms with Gasteiger partial charge in [0.2, 0.25) is 0 Å². The summed E-state index contributed by atoms with van der Waals surface area (Å²) in [6.45, 7) is 8.00. The van der Waals surface area contributed by atoms with Gasteiger partial charge in [-0.05, 0) is 0 Å². The Labute approximate surface area is 2160 Å². The van der Waals surface area contributed by atoms with Crippen LogP contribution in [0.15, 0.2) is 0 Å². The fraction of sp³-hybridized carbons (Fsp3) is 0.545. The summed E-state index contributed by atoms with van der Waals surface area (Å²) in [5.41, 5.74) is 5.75. The second-order valence-corrected chi connectivity index (χ2v) is 0. The van der Waals surface area contributed by atoms with Gasteiger partial charge in [-0.1, -0.05) is 35.1 Å². The van der Waals surface area contributed by atoms with Crippen molar-refractivity contribution in [3.8, 4) is 0 Å². The van der Waals surface area contributed by atoms with Gasteiger partial charge in [-0.15, -0.1) is 0 Å². The summed E-state index contributed by atoms with van der Waals surface area (Å²) in [6.07, 6.45) is 0. The van der Waals surface area contributed by atoms with Gasteiger partial charge < -0.3 is 42.9 Å². The van der Waals surface area contributed by atoms with Crippen molar-refractivity contribution in [2.24, 2.45) is 0 Å². The molecule has 67 heteroatoms. The maximum atomic E-state index is 5.75. The molecule has 0 amide bonds. The third-order valence-electron chi connectivity index (χ3n) is 0. The topological polar surface area (TPSA) is 23.8 Å². The van der Waals surface area contributed by atoms with E-state index in [1.807, 2.05) is 27.7 Å². The maximum absolute atomic E-state index is 5.75. The average Bonchev–Trinajstić information content (AvgIpc) is 1.81. The Hall–Kier alpha value is 72.8. The zero-order valence-corrected chi connectivity index (χ0v) is 236. The second-order valence-electron chi connectivity index (χ2n) is 0. The first kappa shape index (κ1) is 589. The summed E-state index contributed by atoms with van der Waals surface area (Å²) < 4.78 is 0. The number of nitrogens with one attached hydrogen (secondary N) is 1. The minimum atomic E-state index is 0. The summed E-state index contributed by atoms with van der Waals surface area (Å²) in [7, 11) is 1.25. The molecule has 1 N–H and O–H groups in total. The van der Waals surface area contributed by atoms with Crippen LogP contribution in [0.5, 0.6) is 0 Å². The molecular weight excluding hydrogens is 6010 g/mol. The molecule has 0 atom stereocenters. The molecule has 0 rings (SSSR count). The zero-order valence-electron chi connectivity index (χ0n) is 48.6. The van der Waals surface area contributed by atoms with Crippen molar-refractivity contribution in [2.75, 3.05) is 7.05 Å². The van der Waals surface area contributed by atoms with Crippen LogP contribution in [-0.4, -0.2) is 7.05 Å². The van der Waals surface area contributed by atoms with Gasteiger partial charge in [0.1, 0.15) is 0 Å². The molecule has 0 fully saturated rings. The first-order chi connectivity index (χ1) is 3.00. The van der Waals surface area contributed by atoms with Gasteiger partial charge in [-0.3, -0.25) is 0 Å². The third-order valence-corrected chi connectivity index (χ3v) is 0. The standard InChI is InChI=1S/2C2H6.CH4N.CH4.5CH3.66Y/c3*1-2;;;;;;;;;;;;;;;;;;;;;;;;;;;;;;;;;;;;;;;;;;;;;;;;;;;;;;;;;;;;;;;;;;;;;;;;/h2*1-2H3;2H,1H3;1H4;5*1H3;;;;;;;;;;;;;;;;;;;;;;;;;;;;;;;;;;;;;;;;;;;;;;;;;;;;;;;;;;;;;;;;;;/q;;-1;;5*-1;;;;;;;;;;;;;;;;;;;;;;;;;;;;;;;;;;;;;;;;;;;;;;;;;;;;;;;;;;;;;;;;;;. The van der Waals surface area contributed by atoms with Crippen molar-refractivity contribution in [1.82, 2.24) is 0 Å². The quantitative estimate of drug-likeness (QED) is 0.289. The predicted octanol–water partition coefficient (Wildman–Crippen LogP) is 5.44. The first-order valence-electron chi connectivity index (χ1n) is 2.50. The van der Waals surface area contributed by atoms with Crippen molar-refractivity contribution in [1.29, 1.82) is 0 Å². The SMILES string of the molecule is C.CC.CC.C[NH-].[CH3-].[CH3-].[CH3-].[CH3-].[CH3-].[Y].[Y].[Y].[Y].[Y].[Y].[Y].[Y].[Y].[Y].[Y].[Y].[Y].[Y].[Y].[Y].[Y].[Y].[Y].[Y].[Y].[Y].[Y].[Y].[Y].[Y].[Y].[Y].[Y].[Y].[Y].[Y].[Y].[Y].[Y].[Y].[Y].[Y].[Y].[Y].[Y].[Y].[Y].[Y].[Y].[Y].[Y].[Y].[Y].[Y].[Y].[Y].[Y].[Y].[Y].[Y].[Y].[Y].[Y].[Y].[Y].[Y].[Y].[Y].[Y].[Y]. The summed E-state index contributed by atoms with van der Waals surface area (Å²) in [5, 5.41) is 0. The number of hydrogen-bond donors (Lipinski definition) is 0. The molecule has 0 aromatic heterocycles.